The van der Waals surface area contributed by atoms with Crippen LogP contribution in [0.25, 0.3) is 0 Å². The van der Waals surface area contributed by atoms with Crippen molar-refractivity contribution in [1.82, 2.24) is 9.88 Å². The molecule has 3 aromatic rings. The van der Waals surface area contributed by atoms with E-state index in [1.165, 1.54) is 13.3 Å². The van der Waals surface area contributed by atoms with Crippen LogP contribution in [-0.4, -0.2) is 50.1 Å². The lowest BCUT2D eigenvalue weighted by Crippen LogP contribution is -2.44. The van der Waals surface area contributed by atoms with Gasteiger partial charge in [0.15, 0.2) is 11.5 Å². The summed E-state index contributed by atoms with van der Waals surface area (Å²) < 4.78 is 15.9. The van der Waals surface area contributed by atoms with E-state index in [0.717, 1.165) is 5.56 Å². The zero-order valence-corrected chi connectivity index (χ0v) is 18.9. The maximum Gasteiger partial charge on any atom is 0.254 e. The number of fused-ring (bicyclic) bond motifs is 1. The molecule has 4 rings (SSSR count). The Bertz CT molecular complexity index is 1180. The number of hydrogen-bond acceptors (Lipinski definition) is 6. The van der Waals surface area contributed by atoms with Crippen molar-refractivity contribution in [3.63, 3.8) is 0 Å². The molecule has 0 bridgehead atoms. The van der Waals surface area contributed by atoms with Crippen molar-refractivity contribution in [2.75, 3.05) is 33.7 Å². The smallest absolute Gasteiger partial charge is 0.254 e. The van der Waals surface area contributed by atoms with Crippen molar-refractivity contribution in [2.45, 2.75) is 12.0 Å². The number of ether oxygens (including phenoxy) is 3. The number of methoxy groups -OCH3 is 3. The van der Waals surface area contributed by atoms with Gasteiger partial charge in [0.1, 0.15) is 0 Å². The number of nitrogens with one attached hydrogen (secondary N) is 1. The van der Waals surface area contributed by atoms with Gasteiger partial charge in [0, 0.05) is 18.7 Å². The number of hydrogen-bond donors (Lipinski definition) is 1. The summed E-state index contributed by atoms with van der Waals surface area (Å²) in [5.74, 6) is 0.465. The van der Waals surface area contributed by atoms with Gasteiger partial charge in [-0.2, -0.15) is 0 Å². The van der Waals surface area contributed by atoms with Crippen LogP contribution in [0.5, 0.6) is 17.4 Å². The lowest BCUT2D eigenvalue weighted by atomic mass is 9.79. The first kappa shape index (κ1) is 22.1. The Morgan fingerprint density at radius 2 is 1.73 bits per heavy atom. The third kappa shape index (κ3) is 4.07. The highest BCUT2D eigenvalue weighted by molar-refractivity contribution is 6.04. The number of carbonyl (C=O) groups is 2. The molecule has 1 N–H and O–H groups in total. The third-order valence-electron chi connectivity index (χ3n) is 5.82. The number of nitrogens with zero attached hydrogens (tertiary/aromatic N) is 2. The van der Waals surface area contributed by atoms with Crippen LogP contribution in [0, 0.1) is 0 Å². The molecule has 2 atom stereocenters. The number of likely N-dealkylation sites (N-methyl/N-ethyl adjacent to an activating group) is 1. The first-order valence-corrected chi connectivity index (χ1v) is 10.4. The van der Waals surface area contributed by atoms with Gasteiger partial charge < -0.3 is 24.4 Å². The molecule has 0 saturated carbocycles. The summed E-state index contributed by atoms with van der Waals surface area (Å²) in [7, 11) is 6.34. The molecule has 8 heteroatoms. The van der Waals surface area contributed by atoms with E-state index in [1.807, 2.05) is 18.2 Å². The minimum atomic E-state index is -0.663. The van der Waals surface area contributed by atoms with E-state index in [2.05, 4.69) is 10.3 Å². The van der Waals surface area contributed by atoms with Crippen LogP contribution in [0.4, 0.5) is 5.69 Å². The SMILES string of the molecule is COc1ccc(NC(=O)[C@H]2c3ccccc3C(=O)N(C)[C@H]2c2ccc(OC)c(OC)c2)cn1. The summed E-state index contributed by atoms with van der Waals surface area (Å²) in [6, 6.07) is 15.5. The summed E-state index contributed by atoms with van der Waals surface area (Å²) >= 11 is 0. The van der Waals surface area contributed by atoms with Crippen molar-refractivity contribution >= 4 is 17.5 Å². The fraction of sp³-hybridized carbons (Fsp3) is 0.240. The number of pyridine rings is 1. The molecule has 0 radical (unpaired) electrons. The van der Waals surface area contributed by atoms with Crippen LogP contribution in [-0.2, 0) is 4.79 Å². The molecule has 0 spiro atoms. The monoisotopic (exact) mass is 447 g/mol. The van der Waals surface area contributed by atoms with Gasteiger partial charge in [-0.1, -0.05) is 24.3 Å². The second kappa shape index (κ2) is 9.20. The number of amides is 2. The Hall–Kier alpha value is -4.07. The standard InChI is InChI=1S/C25H25N3O5/c1-28-23(15-9-11-19(31-2)20(13-15)32-3)22(17-7-5-6-8-18(17)25(28)30)24(29)27-16-10-12-21(33-4)26-14-16/h5-14,22-23H,1-4H3,(H,27,29)/t22-,23-/m0/s1. The van der Waals surface area contributed by atoms with Gasteiger partial charge in [-0.05, 0) is 35.4 Å². The van der Waals surface area contributed by atoms with Crippen molar-refractivity contribution in [3.05, 3.63) is 77.5 Å². The summed E-state index contributed by atoms with van der Waals surface area (Å²) in [6.45, 7) is 0. The molecule has 0 saturated heterocycles. The van der Waals surface area contributed by atoms with E-state index in [0.29, 0.717) is 34.2 Å². The maximum atomic E-state index is 13.6. The molecule has 2 heterocycles. The molecular formula is C25H25N3O5. The number of rotatable bonds is 6. The van der Waals surface area contributed by atoms with Crippen molar-refractivity contribution in [2.24, 2.45) is 0 Å². The van der Waals surface area contributed by atoms with Crippen molar-refractivity contribution < 1.29 is 23.8 Å². The van der Waals surface area contributed by atoms with Gasteiger partial charge in [-0.25, -0.2) is 4.98 Å². The molecule has 1 aromatic heterocycles. The summed E-state index contributed by atoms with van der Waals surface area (Å²) in [6.07, 6.45) is 1.53. The van der Waals surface area contributed by atoms with Gasteiger partial charge in [-0.15, -0.1) is 0 Å². The van der Waals surface area contributed by atoms with E-state index in [-0.39, 0.29) is 11.8 Å². The molecule has 2 amide bonds. The van der Waals surface area contributed by atoms with Crippen LogP contribution in [0.2, 0.25) is 0 Å². The number of anilines is 1. The van der Waals surface area contributed by atoms with E-state index < -0.39 is 12.0 Å². The number of benzene rings is 2. The number of aromatic nitrogens is 1. The Balaban J connectivity index is 1.79. The molecule has 1 aliphatic rings. The predicted octanol–water partition coefficient (Wildman–Crippen LogP) is 3.66. The van der Waals surface area contributed by atoms with Gasteiger partial charge in [0.05, 0.1) is 45.2 Å². The molecule has 8 nitrogen and oxygen atoms in total. The number of carbonyl (C=O) groups excluding carboxylic acids is 2. The zero-order chi connectivity index (χ0) is 23.5. The fourth-order valence-corrected chi connectivity index (χ4v) is 4.21. The minimum Gasteiger partial charge on any atom is -0.493 e. The Morgan fingerprint density at radius 1 is 0.970 bits per heavy atom. The highest BCUT2D eigenvalue weighted by Gasteiger charge is 2.42. The second-order valence-corrected chi connectivity index (χ2v) is 7.62. The molecule has 33 heavy (non-hydrogen) atoms. The highest BCUT2D eigenvalue weighted by atomic mass is 16.5. The fourth-order valence-electron chi connectivity index (χ4n) is 4.21. The molecule has 170 valence electrons. The Morgan fingerprint density at radius 3 is 2.39 bits per heavy atom. The van der Waals surface area contributed by atoms with Crippen LogP contribution >= 0.6 is 0 Å². The quantitative estimate of drug-likeness (QED) is 0.620. The van der Waals surface area contributed by atoms with Crippen molar-refractivity contribution in [3.8, 4) is 17.4 Å². The van der Waals surface area contributed by atoms with Crippen molar-refractivity contribution in [1.29, 1.82) is 0 Å². The van der Waals surface area contributed by atoms with Gasteiger partial charge >= 0.3 is 0 Å². The zero-order valence-electron chi connectivity index (χ0n) is 18.9. The Kier molecular flexibility index (Phi) is 6.17. The van der Waals surface area contributed by atoms with Gasteiger partial charge in [0.2, 0.25) is 11.8 Å². The van der Waals surface area contributed by atoms with Gasteiger partial charge in [-0.3, -0.25) is 9.59 Å². The lowest BCUT2D eigenvalue weighted by Gasteiger charge is -2.39. The summed E-state index contributed by atoms with van der Waals surface area (Å²) in [5.41, 5.74) is 2.46. The summed E-state index contributed by atoms with van der Waals surface area (Å²) in [5, 5.41) is 2.94. The summed E-state index contributed by atoms with van der Waals surface area (Å²) in [4.78, 5) is 32.6. The van der Waals surface area contributed by atoms with E-state index in [4.69, 9.17) is 14.2 Å². The normalized spacial score (nSPS) is 17.2. The average Bonchev–Trinajstić information content (AvgIpc) is 2.86. The molecule has 1 aliphatic heterocycles. The highest BCUT2D eigenvalue weighted by Crippen LogP contribution is 2.44. The molecular weight excluding hydrogens is 422 g/mol. The first-order valence-electron chi connectivity index (χ1n) is 10.4. The average molecular weight is 447 g/mol. The predicted molar refractivity (Wildman–Crippen MR) is 123 cm³/mol. The lowest BCUT2D eigenvalue weighted by molar-refractivity contribution is -0.119. The molecule has 0 unspecified atom stereocenters. The second-order valence-electron chi connectivity index (χ2n) is 7.62. The Labute approximate surface area is 192 Å². The van der Waals surface area contributed by atoms with Crippen LogP contribution in [0.1, 0.15) is 33.4 Å². The van der Waals surface area contributed by atoms with E-state index in [1.54, 1.807) is 62.6 Å². The molecule has 0 aliphatic carbocycles. The van der Waals surface area contributed by atoms with E-state index in [9.17, 15) is 9.59 Å². The topological polar surface area (TPSA) is 90.0 Å². The van der Waals surface area contributed by atoms with Gasteiger partial charge in [0.25, 0.3) is 5.91 Å². The minimum absolute atomic E-state index is 0.152. The molecule has 0 fully saturated rings. The van der Waals surface area contributed by atoms with Crippen LogP contribution in [0.15, 0.2) is 60.8 Å². The maximum absolute atomic E-state index is 13.6. The van der Waals surface area contributed by atoms with Crippen LogP contribution in [0.3, 0.4) is 0 Å². The molecule has 2 aromatic carbocycles. The first-order chi connectivity index (χ1) is 16.0. The third-order valence-corrected chi connectivity index (χ3v) is 5.82. The largest absolute Gasteiger partial charge is 0.493 e. The van der Waals surface area contributed by atoms with Crippen LogP contribution < -0.4 is 19.5 Å². The van der Waals surface area contributed by atoms with E-state index >= 15 is 0 Å².